The van der Waals surface area contributed by atoms with Crippen LogP contribution in [0, 0.1) is 23.7 Å². The van der Waals surface area contributed by atoms with Gasteiger partial charge in [-0.2, -0.15) is 0 Å². The normalized spacial score (nSPS) is 27.5. The summed E-state index contributed by atoms with van der Waals surface area (Å²) in [6.07, 6.45) is 10.00. The van der Waals surface area contributed by atoms with E-state index in [1.165, 1.54) is 64.8 Å². The molecule has 1 saturated carbocycles. The maximum Gasteiger partial charge on any atom is 0.225 e. The summed E-state index contributed by atoms with van der Waals surface area (Å²) in [4.78, 5) is 32.4. The molecule has 2 aliphatic heterocycles. The van der Waals surface area contributed by atoms with Gasteiger partial charge in [-0.15, -0.1) is 0 Å². The van der Waals surface area contributed by atoms with Crippen LogP contribution in [0.15, 0.2) is 0 Å². The Kier molecular flexibility index (Phi) is 9.18. The van der Waals surface area contributed by atoms with Gasteiger partial charge in [0.05, 0.1) is 0 Å². The van der Waals surface area contributed by atoms with Gasteiger partial charge >= 0.3 is 0 Å². The smallest absolute Gasteiger partial charge is 0.225 e. The van der Waals surface area contributed by atoms with E-state index < -0.39 is 0 Å². The van der Waals surface area contributed by atoms with Crippen LogP contribution in [0.25, 0.3) is 0 Å². The first kappa shape index (κ1) is 23.7. The summed E-state index contributed by atoms with van der Waals surface area (Å²) in [7, 11) is 2.22. The van der Waals surface area contributed by atoms with Gasteiger partial charge in [0.2, 0.25) is 5.91 Å². The lowest BCUT2D eigenvalue weighted by Crippen LogP contribution is -2.44. The minimum Gasteiger partial charge on any atom is -0.342 e. The predicted molar refractivity (Wildman–Crippen MR) is 122 cm³/mol. The average Bonchev–Trinajstić information content (AvgIpc) is 2.77. The number of hydrogen-bond acceptors (Lipinski definition) is 4. The van der Waals surface area contributed by atoms with Crippen molar-refractivity contribution >= 4 is 11.7 Å². The van der Waals surface area contributed by atoms with Gasteiger partial charge < -0.3 is 14.7 Å². The fourth-order valence-corrected chi connectivity index (χ4v) is 5.64. The van der Waals surface area contributed by atoms with Crippen molar-refractivity contribution in [2.24, 2.45) is 23.7 Å². The lowest BCUT2D eigenvalue weighted by Gasteiger charge is -2.36. The number of nitrogens with zero attached hydrogens (tertiary/aromatic N) is 3. The summed E-state index contributed by atoms with van der Waals surface area (Å²) in [6, 6.07) is 0. The van der Waals surface area contributed by atoms with Crippen LogP contribution in [-0.4, -0.2) is 79.3 Å². The molecule has 0 radical (unpaired) electrons. The lowest BCUT2D eigenvalue weighted by atomic mass is 9.77. The number of piperidine rings is 1. The molecule has 172 valence electrons. The molecule has 3 aliphatic rings. The molecule has 5 nitrogen and oxygen atoms in total. The van der Waals surface area contributed by atoms with E-state index >= 15 is 0 Å². The Morgan fingerprint density at radius 2 is 1.40 bits per heavy atom. The van der Waals surface area contributed by atoms with Gasteiger partial charge in [0, 0.05) is 57.0 Å². The maximum absolute atomic E-state index is 13.0. The largest absolute Gasteiger partial charge is 0.342 e. The van der Waals surface area contributed by atoms with Gasteiger partial charge in [0.25, 0.3) is 0 Å². The number of piperazine rings is 1. The Hall–Kier alpha value is -0.940. The Bertz CT molecular complexity index is 541. The maximum atomic E-state index is 13.0. The first-order chi connectivity index (χ1) is 14.4. The standard InChI is InChI=1S/C25H45N3O2/c1-20(2)24(29)22-7-9-23(10-8-22)25(30)28-14-11-21(12-15-28)6-4-5-13-27-18-16-26(3)17-19-27/h20-23H,4-19H2,1-3H3. The molecule has 30 heavy (non-hydrogen) atoms. The Morgan fingerprint density at radius 1 is 0.800 bits per heavy atom. The molecule has 2 saturated heterocycles. The molecule has 1 amide bonds. The van der Waals surface area contributed by atoms with Gasteiger partial charge in [-0.1, -0.05) is 26.7 Å². The zero-order valence-electron chi connectivity index (χ0n) is 19.8. The first-order valence-electron chi connectivity index (χ1n) is 12.7. The van der Waals surface area contributed by atoms with Gasteiger partial charge in [-0.05, 0) is 64.5 Å². The number of likely N-dealkylation sites (N-methyl/N-ethyl adjacent to an activating group) is 1. The molecule has 0 aromatic heterocycles. The predicted octanol–water partition coefficient (Wildman–Crippen LogP) is 3.67. The highest BCUT2D eigenvalue weighted by Gasteiger charge is 2.33. The number of likely N-dealkylation sites (tertiary alicyclic amines) is 1. The van der Waals surface area contributed by atoms with Crippen molar-refractivity contribution in [1.29, 1.82) is 0 Å². The van der Waals surface area contributed by atoms with E-state index in [0.717, 1.165) is 44.7 Å². The summed E-state index contributed by atoms with van der Waals surface area (Å²) >= 11 is 0. The molecular weight excluding hydrogens is 374 g/mol. The van der Waals surface area contributed by atoms with Crippen molar-refractivity contribution in [3.05, 3.63) is 0 Å². The third-order valence-electron chi connectivity index (χ3n) is 7.91. The zero-order valence-corrected chi connectivity index (χ0v) is 19.8. The molecule has 1 aliphatic carbocycles. The highest BCUT2D eigenvalue weighted by molar-refractivity contribution is 5.83. The number of carbonyl (C=O) groups excluding carboxylic acids is 2. The number of amides is 1. The van der Waals surface area contributed by atoms with Crippen molar-refractivity contribution in [3.63, 3.8) is 0 Å². The summed E-state index contributed by atoms with van der Waals surface area (Å²) in [5.74, 6) is 2.07. The van der Waals surface area contributed by atoms with Crippen molar-refractivity contribution in [3.8, 4) is 0 Å². The Morgan fingerprint density at radius 3 is 2.00 bits per heavy atom. The lowest BCUT2D eigenvalue weighted by molar-refractivity contribution is -0.139. The molecule has 0 atom stereocenters. The van der Waals surface area contributed by atoms with Crippen LogP contribution in [0.5, 0.6) is 0 Å². The molecule has 5 heteroatoms. The molecular formula is C25H45N3O2. The van der Waals surface area contributed by atoms with Gasteiger partial charge in [-0.3, -0.25) is 9.59 Å². The minimum absolute atomic E-state index is 0.128. The third-order valence-corrected chi connectivity index (χ3v) is 7.91. The second kappa shape index (κ2) is 11.6. The molecule has 0 bridgehead atoms. The van der Waals surface area contributed by atoms with Crippen molar-refractivity contribution in [1.82, 2.24) is 14.7 Å². The van der Waals surface area contributed by atoms with E-state index in [1.807, 2.05) is 13.8 Å². The summed E-state index contributed by atoms with van der Waals surface area (Å²) in [6.45, 7) is 12.0. The van der Waals surface area contributed by atoms with Crippen molar-refractivity contribution < 1.29 is 9.59 Å². The van der Waals surface area contributed by atoms with E-state index in [0.29, 0.717) is 11.7 Å². The van der Waals surface area contributed by atoms with E-state index in [1.54, 1.807) is 0 Å². The third kappa shape index (κ3) is 6.78. The molecule has 2 heterocycles. The fraction of sp³-hybridized carbons (Fsp3) is 0.920. The van der Waals surface area contributed by atoms with Gasteiger partial charge in [0.15, 0.2) is 0 Å². The van der Waals surface area contributed by atoms with Gasteiger partial charge in [-0.25, -0.2) is 0 Å². The number of ketones is 1. The summed E-state index contributed by atoms with van der Waals surface area (Å²) in [5.41, 5.74) is 0. The zero-order chi connectivity index (χ0) is 21.5. The number of hydrogen-bond donors (Lipinski definition) is 0. The molecule has 0 aromatic rings. The molecule has 3 rings (SSSR count). The van der Waals surface area contributed by atoms with Crippen LogP contribution in [0.4, 0.5) is 0 Å². The average molecular weight is 420 g/mol. The van der Waals surface area contributed by atoms with Crippen LogP contribution >= 0.6 is 0 Å². The van der Waals surface area contributed by atoms with E-state index in [9.17, 15) is 9.59 Å². The molecule has 0 spiro atoms. The number of rotatable bonds is 8. The van der Waals surface area contributed by atoms with E-state index in [4.69, 9.17) is 0 Å². The topological polar surface area (TPSA) is 43.9 Å². The van der Waals surface area contributed by atoms with Crippen LogP contribution < -0.4 is 0 Å². The number of unbranched alkanes of at least 4 members (excludes halogenated alkanes) is 1. The molecule has 0 N–H and O–H groups in total. The molecule has 0 unspecified atom stereocenters. The van der Waals surface area contributed by atoms with Gasteiger partial charge in [0.1, 0.15) is 5.78 Å². The fourth-order valence-electron chi connectivity index (χ4n) is 5.64. The molecule has 3 fully saturated rings. The minimum atomic E-state index is 0.128. The van der Waals surface area contributed by atoms with E-state index in [-0.39, 0.29) is 17.8 Å². The van der Waals surface area contributed by atoms with Crippen molar-refractivity contribution in [2.45, 2.75) is 71.6 Å². The Labute approximate surface area is 184 Å². The Balaban J connectivity index is 1.28. The van der Waals surface area contributed by atoms with Crippen LogP contribution in [0.1, 0.15) is 71.6 Å². The summed E-state index contributed by atoms with van der Waals surface area (Å²) < 4.78 is 0. The quantitative estimate of drug-likeness (QED) is 0.563. The van der Waals surface area contributed by atoms with Crippen LogP contribution in [-0.2, 0) is 9.59 Å². The molecule has 0 aromatic carbocycles. The highest BCUT2D eigenvalue weighted by Crippen LogP contribution is 2.33. The van der Waals surface area contributed by atoms with Crippen LogP contribution in [0.2, 0.25) is 0 Å². The van der Waals surface area contributed by atoms with Crippen LogP contribution in [0.3, 0.4) is 0 Å². The summed E-state index contributed by atoms with van der Waals surface area (Å²) in [5, 5.41) is 0. The number of Topliss-reactive ketones (excluding diaryl/α,β-unsaturated/α-hetero) is 1. The second-order valence-corrected chi connectivity index (χ2v) is 10.5. The second-order valence-electron chi connectivity index (χ2n) is 10.5. The highest BCUT2D eigenvalue weighted by atomic mass is 16.2. The number of carbonyl (C=O) groups is 2. The first-order valence-corrected chi connectivity index (χ1v) is 12.7. The SMILES string of the molecule is CC(C)C(=O)C1CCC(C(=O)N2CCC(CCCCN3CCN(C)CC3)CC2)CC1. The van der Waals surface area contributed by atoms with Crippen molar-refractivity contribution in [2.75, 3.05) is 52.9 Å². The monoisotopic (exact) mass is 419 g/mol. The van der Waals surface area contributed by atoms with E-state index in [2.05, 4.69) is 21.7 Å².